The number of aromatic nitrogens is 1. The third kappa shape index (κ3) is 4.10. The number of fused-ring (bicyclic) bond motifs is 2. The van der Waals surface area contributed by atoms with Crippen LogP contribution in [-0.4, -0.2) is 35.5 Å². The van der Waals surface area contributed by atoms with Crippen LogP contribution in [0.15, 0.2) is 76.8 Å². The van der Waals surface area contributed by atoms with Crippen molar-refractivity contribution in [1.29, 1.82) is 0 Å². The molecule has 3 heterocycles. The van der Waals surface area contributed by atoms with Gasteiger partial charge in [0.25, 0.3) is 0 Å². The molecule has 0 spiro atoms. The van der Waals surface area contributed by atoms with E-state index < -0.39 is 0 Å². The minimum Gasteiger partial charge on any atom is -0.369 e. The number of anilines is 3. The van der Waals surface area contributed by atoms with Crippen molar-refractivity contribution in [2.45, 2.75) is 22.0 Å². The van der Waals surface area contributed by atoms with Crippen LogP contribution in [0.25, 0.3) is 0 Å². The van der Waals surface area contributed by atoms with Crippen molar-refractivity contribution in [2.75, 3.05) is 36.4 Å². The summed E-state index contributed by atoms with van der Waals surface area (Å²) in [5.74, 6) is 0. The molecule has 2 aliphatic rings. The molecule has 2 aliphatic heterocycles. The number of para-hydroxylation sites is 1. The van der Waals surface area contributed by atoms with Crippen molar-refractivity contribution >= 4 is 40.8 Å². The highest BCUT2D eigenvalue weighted by Crippen LogP contribution is 2.45. The first-order valence-electron chi connectivity index (χ1n) is 10.0. The van der Waals surface area contributed by atoms with E-state index in [1.165, 1.54) is 32.4 Å². The first-order chi connectivity index (χ1) is 14.3. The van der Waals surface area contributed by atoms with Gasteiger partial charge in [0, 0.05) is 59.3 Å². The van der Waals surface area contributed by atoms with Crippen LogP contribution in [0.4, 0.5) is 17.1 Å². The summed E-state index contributed by atoms with van der Waals surface area (Å²) in [7, 11) is 0. The zero-order valence-corrected chi connectivity index (χ0v) is 18.0. The molecule has 6 heteroatoms. The van der Waals surface area contributed by atoms with Gasteiger partial charge in [-0.1, -0.05) is 41.9 Å². The SMILES string of the molecule is CC(SN1CCN(c2ccncc2)CC1)c1ccc2c(c1)Nc1ccccc1S2. The number of rotatable bonds is 4. The third-order valence-corrected chi connectivity index (χ3v) is 7.83. The van der Waals surface area contributed by atoms with Gasteiger partial charge >= 0.3 is 0 Å². The van der Waals surface area contributed by atoms with Gasteiger partial charge in [-0.05, 0) is 48.9 Å². The summed E-state index contributed by atoms with van der Waals surface area (Å²) in [5, 5.41) is 4.04. The molecule has 0 aliphatic carbocycles. The van der Waals surface area contributed by atoms with Crippen molar-refractivity contribution in [3.63, 3.8) is 0 Å². The molecule has 0 radical (unpaired) electrons. The summed E-state index contributed by atoms with van der Waals surface area (Å²) in [5.41, 5.74) is 5.07. The first kappa shape index (κ1) is 18.9. The number of hydrogen-bond acceptors (Lipinski definition) is 6. The monoisotopic (exact) mass is 420 g/mol. The molecule has 3 aromatic rings. The highest BCUT2D eigenvalue weighted by molar-refractivity contribution is 7.99. The van der Waals surface area contributed by atoms with Crippen LogP contribution in [0.3, 0.4) is 0 Å². The van der Waals surface area contributed by atoms with Crippen molar-refractivity contribution in [3.05, 3.63) is 72.6 Å². The molecule has 0 saturated carbocycles. The van der Waals surface area contributed by atoms with Crippen LogP contribution in [0, 0.1) is 0 Å². The van der Waals surface area contributed by atoms with Crippen LogP contribution >= 0.6 is 23.7 Å². The second kappa shape index (κ2) is 8.30. The van der Waals surface area contributed by atoms with E-state index in [0.29, 0.717) is 5.25 Å². The molecule has 1 aromatic heterocycles. The number of nitrogens with one attached hydrogen (secondary N) is 1. The molecule has 2 aromatic carbocycles. The molecule has 5 rings (SSSR count). The Bertz CT molecular complexity index is 987. The summed E-state index contributed by atoms with van der Waals surface area (Å²) in [6.07, 6.45) is 3.75. The number of hydrogen-bond donors (Lipinski definition) is 1. The topological polar surface area (TPSA) is 31.4 Å². The Hall–Kier alpha value is -2.15. The number of benzene rings is 2. The lowest BCUT2D eigenvalue weighted by atomic mass is 10.1. The Balaban J connectivity index is 1.22. The fraction of sp³-hybridized carbons (Fsp3) is 0.261. The van der Waals surface area contributed by atoms with E-state index in [9.17, 15) is 0 Å². The van der Waals surface area contributed by atoms with Crippen molar-refractivity contribution in [1.82, 2.24) is 9.29 Å². The lowest BCUT2D eigenvalue weighted by Crippen LogP contribution is -2.43. The van der Waals surface area contributed by atoms with E-state index in [1.54, 1.807) is 0 Å². The van der Waals surface area contributed by atoms with Gasteiger partial charge in [0.05, 0.1) is 11.4 Å². The van der Waals surface area contributed by atoms with Crippen LogP contribution in [0.5, 0.6) is 0 Å². The molecule has 4 nitrogen and oxygen atoms in total. The van der Waals surface area contributed by atoms with Gasteiger partial charge in [0.1, 0.15) is 0 Å². The summed E-state index contributed by atoms with van der Waals surface area (Å²) >= 11 is 3.81. The van der Waals surface area contributed by atoms with E-state index in [1.807, 2.05) is 36.1 Å². The molecular formula is C23H24N4S2. The standard InChI is InChI=1S/C23H24N4S2/c1-17(29-27-14-12-26(13-15-27)19-8-10-24-11-9-19)18-6-7-23-21(16-18)25-20-4-2-3-5-22(20)28-23/h2-11,16-17,25H,12-15H2,1H3. The fourth-order valence-electron chi connectivity index (χ4n) is 3.80. The maximum atomic E-state index is 4.12. The third-order valence-electron chi connectivity index (χ3n) is 5.42. The Morgan fingerprint density at radius 2 is 1.69 bits per heavy atom. The van der Waals surface area contributed by atoms with E-state index in [0.717, 1.165) is 26.2 Å². The normalized spacial score (nSPS) is 17.2. The fourth-order valence-corrected chi connectivity index (χ4v) is 5.86. The van der Waals surface area contributed by atoms with Gasteiger partial charge in [-0.25, -0.2) is 4.31 Å². The Morgan fingerprint density at radius 1 is 0.931 bits per heavy atom. The Kier molecular flexibility index (Phi) is 5.40. The van der Waals surface area contributed by atoms with E-state index in [-0.39, 0.29) is 0 Å². The number of nitrogens with zero attached hydrogens (tertiary/aromatic N) is 3. The largest absolute Gasteiger partial charge is 0.369 e. The van der Waals surface area contributed by atoms with Gasteiger partial charge in [0.15, 0.2) is 0 Å². The maximum absolute atomic E-state index is 4.12. The van der Waals surface area contributed by atoms with Crippen LogP contribution in [0.2, 0.25) is 0 Å². The highest BCUT2D eigenvalue weighted by Gasteiger charge is 2.22. The Labute approximate surface area is 180 Å². The molecule has 1 unspecified atom stereocenters. The molecule has 1 fully saturated rings. The molecule has 0 amide bonds. The molecule has 1 N–H and O–H groups in total. The predicted molar refractivity (Wildman–Crippen MR) is 124 cm³/mol. The van der Waals surface area contributed by atoms with Crippen LogP contribution in [-0.2, 0) is 0 Å². The zero-order valence-electron chi connectivity index (χ0n) is 16.4. The minimum atomic E-state index is 0.428. The lowest BCUT2D eigenvalue weighted by molar-refractivity contribution is 0.427. The quantitative estimate of drug-likeness (QED) is 0.419. The number of piperazine rings is 1. The summed E-state index contributed by atoms with van der Waals surface area (Å²) in [6, 6.07) is 19.6. The van der Waals surface area contributed by atoms with Crippen molar-refractivity contribution < 1.29 is 0 Å². The van der Waals surface area contributed by atoms with Gasteiger partial charge in [-0.15, -0.1) is 0 Å². The molecule has 1 saturated heterocycles. The van der Waals surface area contributed by atoms with Crippen LogP contribution in [0.1, 0.15) is 17.7 Å². The van der Waals surface area contributed by atoms with Gasteiger partial charge in [0.2, 0.25) is 0 Å². The zero-order chi connectivity index (χ0) is 19.6. The molecule has 29 heavy (non-hydrogen) atoms. The van der Waals surface area contributed by atoms with Crippen molar-refractivity contribution in [3.8, 4) is 0 Å². The summed E-state index contributed by atoms with van der Waals surface area (Å²) < 4.78 is 2.51. The second-order valence-corrected chi connectivity index (χ2v) is 9.87. The molecular weight excluding hydrogens is 396 g/mol. The average Bonchev–Trinajstić information content (AvgIpc) is 2.78. The van der Waals surface area contributed by atoms with E-state index in [2.05, 4.69) is 81.0 Å². The first-order valence-corrected chi connectivity index (χ1v) is 11.7. The van der Waals surface area contributed by atoms with Crippen molar-refractivity contribution in [2.24, 2.45) is 0 Å². The van der Waals surface area contributed by atoms with Gasteiger partial charge in [-0.3, -0.25) is 4.98 Å². The van der Waals surface area contributed by atoms with Gasteiger partial charge < -0.3 is 10.2 Å². The smallest absolute Gasteiger partial charge is 0.0529 e. The maximum Gasteiger partial charge on any atom is 0.0529 e. The summed E-state index contributed by atoms with van der Waals surface area (Å²) in [4.78, 5) is 9.16. The number of pyridine rings is 1. The predicted octanol–water partition coefficient (Wildman–Crippen LogP) is 5.82. The second-order valence-electron chi connectivity index (χ2n) is 7.35. The van der Waals surface area contributed by atoms with E-state index in [4.69, 9.17) is 0 Å². The van der Waals surface area contributed by atoms with E-state index >= 15 is 0 Å². The molecule has 0 bridgehead atoms. The summed E-state index contributed by atoms with van der Waals surface area (Å²) in [6.45, 7) is 6.57. The van der Waals surface area contributed by atoms with Crippen LogP contribution < -0.4 is 10.2 Å². The van der Waals surface area contributed by atoms with Gasteiger partial charge in [-0.2, -0.15) is 0 Å². The molecule has 1 atom stereocenters. The lowest BCUT2D eigenvalue weighted by Gasteiger charge is -2.36. The minimum absolute atomic E-state index is 0.428. The highest BCUT2D eigenvalue weighted by atomic mass is 32.2. The molecule has 148 valence electrons. The Morgan fingerprint density at radius 3 is 2.52 bits per heavy atom. The average molecular weight is 421 g/mol.